The fourth-order valence-electron chi connectivity index (χ4n) is 2.78. The molecule has 1 atom stereocenters. The summed E-state index contributed by atoms with van der Waals surface area (Å²) in [6, 6.07) is 6.67. The van der Waals surface area contributed by atoms with Gasteiger partial charge in [0.1, 0.15) is 17.5 Å². The summed E-state index contributed by atoms with van der Waals surface area (Å²) in [5.74, 6) is -0.0441. The molecule has 2 amide bonds. The Labute approximate surface area is 127 Å². The second kappa shape index (κ2) is 5.69. The molecule has 1 saturated heterocycles. The van der Waals surface area contributed by atoms with Gasteiger partial charge >= 0.3 is 0 Å². The monoisotopic (exact) mass is 302 g/mol. The van der Waals surface area contributed by atoms with Gasteiger partial charge in [-0.15, -0.1) is 0 Å². The highest BCUT2D eigenvalue weighted by Gasteiger charge is 2.31. The highest BCUT2D eigenvalue weighted by atomic mass is 16.5. The van der Waals surface area contributed by atoms with Crippen LogP contribution in [0.5, 0.6) is 5.75 Å². The number of primary amides is 1. The Morgan fingerprint density at radius 1 is 1.41 bits per heavy atom. The first-order valence-electron chi connectivity index (χ1n) is 7.08. The van der Waals surface area contributed by atoms with Crippen molar-refractivity contribution in [3.8, 4) is 5.75 Å². The third-order valence-electron chi connectivity index (χ3n) is 3.91. The average Bonchev–Trinajstić information content (AvgIpc) is 2.98. The number of aromatic amines is 1. The van der Waals surface area contributed by atoms with E-state index in [0.717, 1.165) is 10.9 Å². The van der Waals surface area contributed by atoms with Crippen LogP contribution in [-0.4, -0.2) is 54.5 Å². The van der Waals surface area contributed by atoms with Crippen LogP contribution in [0, 0.1) is 0 Å². The summed E-state index contributed by atoms with van der Waals surface area (Å²) in [5, 5.41) is 3.90. The molecule has 7 nitrogen and oxygen atoms in total. The number of benzene rings is 1. The molecule has 0 spiro atoms. The Morgan fingerprint density at radius 2 is 2.23 bits per heavy atom. The quantitative estimate of drug-likeness (QED) is 0.747. The molecule has 0 aliphatic carbocycles. The number of rotatable bonds is 3. The van der Waals surface area contributed by atoms with Crippen molar-refractivity contribution >= 4 is 22.7 Å². The number of hydrogen-bond donors (Lipinski definition) is 3. The van der Waals surface area contributed by atoms with E-state index in [-0.39, 0.29) is 5.91 Å². The molecule has 1 aliphatic heterocycles. The highest BCUT2D eigenvalue weighted by Crippen LogP contribution is 2.26. The number of H-pyrrole nitrogens is 1. The van der Waals surface area contributed by atoms with Gasteiger partial charge in [0.15, 0.2) is 0 Å². The van der Waals surface area contributed by atoms with Gasteiger partial charge in [0, 0.05) is 30.5 Å². The van der Waals surface area contributed by atoms with Gasteiger partial charge in [-0.25, -0.2) is 0 Å². The van der Waals surface area contributed by atoms with Crippen molar-refractivity contribution in [2.24, 2.45) is 5.73 Å². The van der Waals surface area contributed by atoms with E-state index in [0.29, 0.717) is 31.1 Å². The van der Waals surface area contributed by atoms with Crippen LogP contribution in [0.1, 0.15) is 10.5 Å². The Hall–Kier alpha value is -2.54. The van der Waals surface area contributed by atoms with Gasteiger partial charge in [-0.2, -0.15) is 0 Å². The van der Waals surface area contributed by atoms with Gasteiger partial charge in [0.2, 0.25) is 5.91 Å². The van der Waals surface area contributed by atoms with Gasteiger partial charge in [-0.1, -0.05) is 6.07 Å². The number of nitrogens with one attached hydrogen (secondary N) is 2. The number of methoxy groups -OCH3 is 1. The minimum absolute atomic E-state index is 0.233. The number of hydrogen-bond acceptors (Lipinski definition) is 4. The molecule has 0 bridgehead atoms. The molecule has 2 aromatic rings. The van der Waals surface area contributed by atoms with Gasteiger partial charge in [-0.3, -0.25) is 9.59 Å². The van der Waals surface area contributed by atoms with Crippen molar-refractivity contribution < 1.29 is 14.3 Å². The smallest absolute Gasteiger partial charge is 0.271 e. The molecule has 0 saturated carbocycles. The maximum Gasteiger partial charge on any atom is 0.271 e. The van der Waals surface area contributed by atoms with E-state index >= 15 is 0 Å². The summed E-state index contributed by atoms with van der Waals surface area (Å²) in [5.41, 5.74) is 6.63. The fraction of sp³-hybridized carbons (Fsp3) is 0.333. The number of ether oxygens (including phenoxy) is 1. The molecule has 3 rings (SSSR count). The summed E-state index contributed by atoms with van der Waals surface area (Å²) < 4.78 is 5.30. The molecule has 116 valence electrons. The maximum atomic E-state index is 12.7. The van der Waals surface area contributed by atoms with Crippen LogP contribution in [-0.2, 0) is 4.79 Å². The molecule has 22 heavy (non-hydrogen) atoms. The first kappa shape index (κ1) is 14.4. The van der Waals surface area contributed by atoms with E-state index in [1.54, 1.807) is 13.2 Å². The Kier molecular flexibility index (Phi) is 3.72. The summed E-state index contributed by atoms with van der Waals surface area (Å²) >= 11 is 0. The van der Waals surface area contributed by atoms with Crippen LogP contribution in [0.4, 0.5) is 0 Å². The zero-order valence-corrected chi connectivity index (χ0v) is 12.3. The topological polar surface area (TPSA) is 100 Å². The van der Waals surface area contributed by atoms with E-state index < -0.39 is 11.9 Å². The standard InChI is InChI=1S/C15H18N4O3/c1-22-13-4-2-3-10-9(13)7-11(18-10)15(21)19-6-5-17-8-12(19)14(16)20/h2-4,7,12,17-18H,5-6,8H2,1H3,(H2,16,20)/t12-/m0/s1. The molecule has 7 heteroatoms. The number of piperazine rings is 1. The lowest BCUT2D eigenvalue weighted by Crippen LogP contribution is -2.58. The Balaban J connectivity index is 1.96. The number of amides is 2. The predicted octanol–water partition coefficient (Wildman–Crippen LogP) is 0.0758. The molecule has 0 radical (unpaired) electrons. The molecule has 1 aromatic heterocycles. The summed E-state index contributed by atoms with van der Waals surface area (Å²) in [4.78, 5) is 28.8. The first-order valence-corrected chi connectivity index (χ1v) is 7.08. The zero-order chi connectivity index (χ0) is 15.7. The lowest BCUT2D eigenvalue weighted by Gasteiger charge is -2.33. The molecular weight excluding hydrogens is 284 g/mol. The van der Waals surface area contributed by atoms with Crippen LogP contribution >= 0.6 is 0 Å². The van der Waals surface area contributed by atoms with Crippen LogP contribution in [0.2, 0.25) is 0 Å². The van der Waals surface area contributed by atoms with E-state index in [2.05, 4.69) is 10.3 Å². The van der Waals surface area contributed by atoms with Crippen molar-refractivity contribution in [1.82, 2.24) is 15.2 Å². The number of carbonyl (C=O) groups excluding carboxylic acids is 2. The van der Waals surface area contributed by atoms with Crippen molar-refractivity contribution in [1.29, 1.82) is 0 Å². The molecule has 2 heterocycles. The molecule has 4 N–H and O–H groups in total. The summed E-state index contributed by atoms with van der Waals surface area (Å²) in [7, 11) is 1.59. The molecule has 1 fully saturated rings. The number of fused-ring (bicyclic) bond motifs is 1. The average molecular weight is 302 g/mol. The number of carbonyl (C=O) groups is 2. The summed E-state index contributed by atoms with van der Waals surface area (Å²) in [6.07, 6.45) is 0. The predicted molar refractivity (Wildman–Crippen MR) is 81.7 cm³/mol. The van der Waals surface area contributed by atoms with Gasteiger partial charge < -0.3 is 25.7 Å². The number of nitrogens with zero attached hydrogens (tertiary/aromatic N) is 1. The van der Waals surface area contributed by atoms with E-state index in [9.17, 15) is 9.59 Å². The molecule has 0 unspecified atom stereocenters. The third kappa shape index (κ3) is 2.39. The number of aromatic nitrogens is 1. The van der Waals surface area contributed by atoms with E-state index in [4.69, 9.17) is 10.5 Å². The molecule has 1 aromatic carbocycles. The van der Waals surface area contributed by atoms with Gasteiger partial charge in [-0.05, 0) is 18.2 Å². The van der Waals surface area contributed by atoms with Crippen LogP contribution in [0.25, 0.3) is 10.9 Å². The molecular formula is C15H18N4O3. The SMILES string of the molecule is COc1cccc2[nH]c(C(=O)N3CCNC[C@H]3C(N)=O)cc12. The van der Waals surface area contributed by atoms with Crippen molar-refractivity contribution in [2.75, 3.05) is 26.7 Å². The van der Waals surface area contributed by atoms with E-state index in [1.165, 1.54) is 4.90 Å². The largest absolute Gasteiger partial charge is 0.496 e. The lowest BCUT2D eigenvalue weighted by atomic mass is 10.1. The minimum atomic E-state index is -0.630. The minimum Gasteiger partial charge on any atom is -0.496 e. The third-order valence-corrected chi connectivity index (χ3v) is 3.91. The van der Waals surface area contributed by atoms with Crippen LogP contribution < -0.4 is 15.8 Å². The zero-order valence-electron chi connectivity index (χ0n) is 12.3. The van der Waals surface area contributed by atoms with Crippen molar-refractivity contribution in [3.63, 3.8) is 0 Å². The van der Waals surface area contributed by atoms with Gasteiger partial charge in [0.25, 0.3) is 5.91 Å². The van der Waals surface area contributed by atoms with Crippen LogP contribution in [0.15, 0.2) is 24.3 Å². The second-order valence-corrected chi connectivity index (χ2v) is 5.23. The second-order valence-electron chi connectivity index (χ2n) is 5.23. The van der Waals surface area contributed by atoms with Gasteiger partial charge in [0.05, 0.1) is 7.11 Å². The summed E-state index contributed by atoms with van der Waals surface area (Å²) in [6.45, 7) is 1.46. The maximum absolute atomic E-state index is 12.7. The van der Waals surface area contributed by atoms with Crippen molar-refractivity contribution in [2.45, 2.75) is 6.04 Å². The Morgan fingerprint density at radius 3 is 2.95 bits per heavy atom. The Bertz CT molecular complexity index is 725. The fourth-order valence-corrected chi connectivity index (χ4v) is 2.78. The normalized spacial score (nSPS) is 18.4. The molecule has 1 aliphatic rings. The first-order chi connectivity index (χ1) is 10.6. The highest BCUT2D eigenvalue weighted by molar-refractivity contribution is 6.01. The lowest BCUT2D eigenvalue weighted by molar-refractivity contribution is -0.122. The van der Waals surface area contributed by atoms with Crippen molar-refractivity contribution in [3.05, 3.63) is 30.0 Å². The van der Waals surface area contributed by atoms with E-state index in [1.807, 2.05) is 18.2 Å². The number of nitrogens with two attached hydrogens (primary N) is 1. The van der Waals surface area contributed by atoms with Crippen LogP contribution in [0.3, 0.4) is 0 Å².